The van der Waals surface area contributed by atoms with Gasteiger partial charge in [0, 0.05) is 12.4 Å². The van der Waals surface area contributed by atoms with Gasteiger partial charge in [-0.1, -0.05) is 24.3 Å². The van der Waals surface area contributed by atoms with E-state index in [0.717, 1.165) is 24.0 Å². The van der Waals surface area contributed by atoms with Gasteiger partial charge in [-0.05, 0) is 30.9 Å². The molecule has 18 heavy (non-hydrogen) atoms. The van der Waals surface area contributed by atoms with Crippen molar-refractivity contribution in [2.75, 3.05) is 0 Å². The fourth-order valence-corrected chi connectivity index (χ4v) is 2.29. The van der Waals surface area contributed by atoms with E-state index in [9.17, 15) is 4.79 Å². The van der Waals surface area contributed by atoms with Crippen LogP contribution in [0.3, 0.4) is 0 Å². The quantitative estimate of drug-likeness (QED) is 0.852. The molecule has 0 saturated carbocycles. The van der Waals surface area contributed by atoms with Crippen LogP contribution in [0.2, 0.25) is 0 Å². The van der Waals surface area contributed by atoms with Crippen molar-refractivity contribution in [2.45, 2.75) is 44.4 Å². The SMILES string of the molecule is CC1CCC(C(=O)NCc2cccc(CCl)c2)O1. The minimum absolute atomic E-state index is 0.0179. The summed E-state index contributed by atoms with van der Waals surface area (Å²) in [6, 6.07) is 7.91. The second-order valence-corrected chi connectivity index (χ2v) is 4.95. The maximum atomic E-state index is 11.9. The van der Waals surface area contributed by atoms with Gasteiger partial charge in [0.1, 0.15) is 6.10 Å². The largest absolute Gasteiger partial charge is 0.365 e. The summed E-state index contributed by atoms with van der Waals surface area (Å²) in [4.78, 5) is 11.9. The third kappa shape index (κ3) is 3.47. The van der Waals surface area contributed by atoms with Crippen molar-refractivity contribution >= 4 is 17.5 Å². The van der Waals surface area contributed by atoms with E-state index in [1.165, 1.54) is 0 Å². The highest BCUT2D eigenvalue weighted by atomic mass is 35.5. The third-order valence-electron chi connectivity index (χ3n) is 3.14. The smallest absolute Gasteiger partial charge is 0.249 e. The third-order valence-corrected chi connectivity index (χ3v) is 3.45. The van der Waals surface area contributed by atoms with Gasteiger partial charge in [0.05, 0.1) is 6.10 Å². The van der Waals surface area contributed by atoms with Gasteiger partial charge in [-0.2, -0.15) is 0 Å². The van der Waals surface area contributed by atoms with Gasteiger partial charge in [0.2, 0.25) is 5.91 Å². The van der Waals surface area contributed by atoms with E-state index in [1.807, 2.05) is 31.2 Å². The lowest BCUT2D eigenvalue weighted by Crippen LogP contribution is -2.34. The molecule has 0 spiro atoms. The number of hydrogen-bond acceptors (Lipinski definition) is 2. The van der Waals surface area contributed by atoms with E-state index in [1.54, 1.807) is 0 Å². The molecule has 1 aliphatic rings. The Morgan fingerprint density at radius 2 is 2.22 bits per heavy atom. The van der Waals surface area contributed by atoms with Gasteiger partial charge in [-0.15, -0.1) is 11.6 Å². The summed E-state index contributed by atoms with van der Waals surface area (Å²) in [5, 5.41) is 2.91. The Hall–Kier alpha value is -1.06. The molecule has 1 saturated heterocycles. The maximum absolute atomic E-state index is 11.9. The van der Waals surface area contributed by atoms with Crippen LogP contribution in [0.15, 0.2) is 24.3 Å². The van der Waals surface area contributed by atoms with E-state index in [0.29, 0.717) is 12.4 Å². The molecule has 2 rings (SSSR count). The van der Waals surface area contributed by atoms with Gasteiger partial charge in [0.25, 0.3) is 0 Å². The standard InChI is InChI=1S/C14H18ClNO2/c1-10-5-6-13(18-10)14(17)16-9-12-4-2-3-11(7-12)8-15/h2-4,7,10,13H,5-6,8-9H2,1H3,(H,16,17). The molecule has 1 fully saturated rings. The lowest BCUT2D eigenvalue weighted by atomic mass is 10.1. The topological polar surface area (TPSA) is 38.3 Å². The fraction of sp³-hybridized carbons (Fsp3) is 0.500. The van der Waals surface area contributed by atoms with Crippen LogP contribution in [0.1, 0.15) is 30.9 Å². The van der Waals surface area contributed by atoms with Crippen LogP contribution >= 0.6 is 11.6 Å². The summed E-state index contributed by atoms with van der Waals surface area (Å²) in [5.74, 6) is 0.473. The van der Waals surface area contributed by atoms with Gasteiger partial charge < -0.3 is 10.1 Å². The van der Waals surface area contributed by atoms with Crippen molar-refractivity contribution < 1.29 is 9.53 Å². The lowest BCUT2D eigenvalue weighted by molar-refractivity contribution is -0.131. The molecular weight excluding hydrogens is 250 g/mol. The second kappa shape index (κ2) is 6.21. The molecule has 1 amide bonds. The molecule has 0 aliphatic carbocycles. The molecule has 0 bridgehead atoms. The molecule has 3 nitrogen and oxygen atoms in total. The minimum Gasteiger partial charge on any atom is -0.365 e. The summed E-state index contributed by atoms with van der Waals surface area (Å²) in [7, 11) is 0. The first kappa shape index (κ1) is 13.4. The average Bonchev–Trinajstić information content (AvgIpc) is 2.83. The predicted molar refractivity (Wildman–Crippen MR) is 71.4 cm³/mol. The zero-order valence-electron chi connectivity index (χ0n) is 10.5. The van der Waals surface area contributed by atoms with Crippen LogP contribution in [-0.2, 0) is 22.0 Å². The number of nitrogens with one attached hydrogen (secondary N) is 1. The Morgan fingerprint density at radius 3 is 2.89 bits per heavy atom. The summed E-state index contributed by atoms with van der Waals surface area (Å²) < 4.78 is 5.52. The van der Waals surface area contributed by atoms with Crippen LogP contribution < -0.4 is 5.32 Å². The van der Waals surface area contributed by atoms with Gasteiger partial charge >= 0.3 is 0 Å². The minimum atomic E-state index is -0.281. The second-order valence-electron chi connectivity index (χ2n) is 4.68. The van der Waals surface area contributed by atoms with Crippen molar-refractivity contribution in [1.82, 2.24) is 5.32 Å². The van der Waals surface area contributed by atoms with Crippen molar-refractivity contribution in [3.63, 3.8) is 0 Å². The molecule has 2 atom stereocenters. The zero-order chi connectivity index (χ0) is 13.0. The summed E-state index contributed by atoms with van der Waals surface area (Å²) in [5.41, 5.74) is 2.13. The first-order valence-corrected chi connectivity index (χ1v) is 6.79. The van der Waals surface area contributed by atoms with E-state index in [4.69, 9.17) is 16.3 Å². The van der Waals surface area contributed by atoms with E-state index in [-0.39, 0.29) is 18.1 Å². The predicted octanol–water partition coefficient (Wildman–Crippen LogP) is 2.61. The Bertz CT molecular complexity index is 422. The number of carbonyl (C=O) groups excluding carboxylic acids is 1. The molecule has 0 aromatic heterocycles. The first-order valence-electron chi connectivity index (χ1n) is 6.26. The average molecular weight is 268 g/mol. The van der Waals surface area contributed by atoms with E-state index < -0.39 is 0 Å². The first-order chi connectivity index (χ1) is 8.69. The highest BCUT2D eigenvalue weighted by Gasteiger charge is 2.27. The molecule has 1 aromatic rings. The lowest BCUT2D eigenvalue weighted by Gasteiger charge is -2.12. The maximum Gasteiger partial charge on any atom is 0.249 e. The number of carbonyl (C=O) groups is 1. The van der Waals surface area contributed by atoms with Crippen LogP contribution in [0.25, 0.3) is 0 Å². The van der Waals surface area contributed by atoms with Crippen molar-refractivity contribution in [1.29, 1.82) is 0 Å². The number of ether oxygens (including phenoxy) is 1. The van der Waals surface area contributed by atoms with Crippen LogP contribution in [0.4, 0.5) is 0 Å². The Labute approximate surface area is 112 Å². The molecule has 4 heteroatoms. The molecule has 98 valence electrons. The van der Waals surface area contributed by atoms with Crippen LogP contribution in [0, 0.1) is 0 Å². The van der Waals surface area contributed by atoms with E-state index in [2.05, 4.69) is 5.32 Å². The van der Waals surface area contributed by atoms with E-state index >= 15 is 0 Å². The number of hydrogen-bond donors (Lipinski definition) is 1. The Kier molecular flexibility index (Phi) is 4.61. The summed E-state index contributed by atoms with van der Waals surface area (Å²) >= 11 is 5.77. The molecular formula is C14H18ClNO2. The monoisotopic (exact) mass is 267 g/mol. The zero-order valence-corrected chi connectivity index (χ0v) is 11.2. The highest BCUT2D eigenvalue weighted by Crippen LogP contribution is 2.19. The molecule has 1 aliphatic heterocycles. The normalized spacial score (nSPS) is 23.0. The Balaban J connectivity index is 1.85. The summed E-state index contributed by atoms with van der Waals surface area (Å²) in [6.07, 6.45) is 1.69. The number of alkyl halides is 1. The number of rotatable bonds is 4. The molecule has 2 unspecified atom stereocenters. The van der Waals surface area contributed by atoms with Crippen LogP contribution in [-0.4, -0.2) is 18.1 Å². The van der Waals surface area contributed by atoms with Crippen LogP contribution in [0.5, 0.6) is 0 Å². The molecule has 1 aromatic carbocycles. The van der Waals surface area contributed by atoms with Gasteiger partial charge in [-0.25, -0.2) is 0 Å². The number of halogens is 1. The molecule has 1 heterocycles. The van der Waals surface area contributed by atoms with Crippen molar-refractivity contribution in [3.8, 4) is 0 Å². The number of benzene rings is 1. The van der Waals surface area contributed by atoms with Crippen molar-refractivity contribution in [3.05, 3.63) is 35.4 Å². The molecule has 0 radical (unpaired) electrons. The van der Waals surface area contributed by atoms with Crippen molar-refractivity contribution in [2.24, 2.45) is 0 Å². The molecule has 1 N–H and O–H groups in total. The van der Waals surface area contributed by atoms with Gasteiger partial charge in [-0.3, -0.25) is 4.79 Å². The number of amides is 1. The highest BCUT2D eigenvalue weighted by molar-refractivity contribution is 6.17. The van der Waals surface area contributed by atoms with Gasteiger partial charge in [0.15, 0.2) is 0 Å². The fourth-order valence-electron chi connectivity index (χ4n) is 2.12. The Morgan fingerprint density at radius 1 is 1.44 bits per heavy atom. The summed E-state index contributed by atoms with van der Waals surface area (Å²) in [6.45, 7) is 2.52.